The molecule has 0 N–H and O–H groups in total. The smallest absolute Gasteiger partial charge is 0.0844 e. The van der Waals surface area contributed by atoms with Gasteiger partial charge in [0, 0.05) is 9.50 Å². The molecular formula is C18H13BrCl2. The van der Waals surface area contributed by atoms with E-state index in [4.69, 9.17) is 23.2 Å². The van der Waals surface area contributed by atoms with Crippen molar-refractivity contribution in [3.05, 3.63) is 80.8 Å². The molecule has 0 fully saturated rings. The van der Waals surface area contributed by atoms with E-state index in [-0.39, 0.29) is 5.38 Å². The van der Waals surface area contributed by atoms with Crippen LogP contribution >= 0.6 is 39.1 Å². The van der Waals surface area contributed by atoms with Gasteiger partial charge in [-0.2, -0.15) is 0 Å². The maximum absolute atomic E-state index is 6.77. The molecule has 0 saturated carbocycles. The van der Waals surface area contributed by atoms with Gasteiger partial charge in [0.15, 0.2) is 0 Å². The largest absolute Gasteiger partial charge is 0.113 e. The van der Waals surface area contributed by atoms with Gasteiger partial charge >= 0.3 is 0 Å². The van der Waals surface area contributed by atoms with Crippen LogP contribution in [0, 0.1) is 6.92 Å². The highest BCUT2D eigenvalue weighted by atomic mass is 79.9. The van der Waals surface area contributed by atoms with Gasteiger partial charge in [-0.15, -0.1) is 11.6 Å². The Morgan fingerprint density at radius 3 is 2.33 bits per heavy atom. The van der Waals surface area contributed by atoms with E-state index in [1.807, 2.05) is 43.3 Å². The van der Waals surface area contributed by atoms with Crippen molar-refractivity contribution in [3.63, 3.8) is 0 Å². The Morgan fingerprint density at radius 1 is 0.857 bits per heavy atom. The zero-order valence-electron chi connectivity index (χ0n) is 11.4. The Balaban J connectivity index is 2.21. The van der Waals surface area contributed by atoms with Crippen LogP contribution in [0.2, 0.25) is 5.02 Å². The van der Waals surface area contributed by atoms with Crippen molar-refractivity contribution in [2.75, 3.05) is 0 Å². The molecule has 3 aromatic carbocycles. The lowest BCUT2D eigenvalue weighted by atomic mass is 9.95. The summed E-state index contributed by atoms with van der Waals surface area (Å²) in [5.74, 6) is 0. The minimum Gasteiger partial charge on any atom is -0.113 e. The molecule has 1 atom stereocenters. The van der Waals surface area contributed by atoms with Crippen LogP contribution in [0.3, 0.4) is 0 Å². The standard InChI is InChI=1S/C18H13BrCl2/c1-11-12(7-4-8-17(11)20)18(21)15-9-10-16(19)14-6-3-2-5-13(14)15/h2-10,18H,1H3. The molecule has 21 heavy (non-hydrogen) atoms. The minimum absolute atomic E-state index is 0.221. The molecule has 0 aliphatic rings. The molecule has 3 rings (SSSR count). The molecular weight excluding hydrogens is 367 g/mol. The summed E-state index contributed by atoms with van der Waals surface area (Å²) in [5, 5.41) is 2.85. The van der Waals surface area contributed by atoms with Crippen LogP contribution < -0.4 is 0 Å². The van der Waals surface area contributed by atoms with Crippen molar-refractivity contribution in [1.82, 2.24) is 0 Å². The molecule has 0 bridgehead atoms. The van der Waals surface area contributed by atoms with Crippen LogP contribution in [-0.2, 0) is 0 Å². The number of halogens is 3. The lowest BCUT2D eigenvalue weighted by molar-refractivity contribution is 1.13. The van der Waals surface area contributed by atoms with Gasteiger partial charge < -0.3 is 0 Å². The molecule has 106 valence electrons. The molecule has 0 aromatic heterocycles. The van der Waals surface area contributed by atoms with Crippen molar-refractivity contribution in [3.8, 4) is 0 Å². The van der Waals surface area contributed by atoms with Gasteiger partial charge in [-0.05, 0) is 46.5 Å². The van der Waals surface area contributed by atoms with Crippen molar-refractivity contribution in [2.24, 2.45) is 0 Å². The van der Waals surface area contributed by atoms with Gasteiger partial charge in [0.25, 0.3) is 0 Å². The first-order valence-electron chi connectivity index (χ1n) is 6.66. The monoisotopic (exact) mass is 378 g/mol. The second-order valence-corrected chi connectivity index (χ2v) is 6.70. The molecule has 1 unspecified atom stereocenters. The molecule has 0 heterocycles. The fourth-order valence-corrected chi connectivity index (χ4v) is 3.66. The number of fused-ring (bicyclic) bond motifs is 1. The first-order valence-corrected chi connectivity index (χ1v) is 8.26. The summed E-state index contributed by atoms with van der Waals surface area (Å²) in [4.78, 5) is 0. The summed E-state index contributed by atoms with van der Waals surface area (Å²) >= 11 is 16.6. The van der Waals surface area contributed by atoms with Gasteiger partial charge in [0.1, 0.15) is 0 Å². The first kappa shape index (κ1) is 14.9. The van der Waals surface area contributed by atoms with Crippen molar-refractivity contribution in [2.45, 2.75) is 12.3 Å². The second kappa shape index (κ2) is 6.00. The van der Waals surface area contributed by atoms with E-state index in [1.54, 1.807) is 0 Å². The molecule has 3 aromatic rings. The maximum Gasteiger partial charge on any atom is 0.0844 e. The van der Waals surface area contributed by atoms with Crippen LogP contribution in [0.15, 0.2) is 59.1 Å². The molecule has 0 spiro atoms. The first-order chi connectivity index (χ1) is 10.1. The summed E-state index contributed by atoms with van der Waals surface area (Å²) in [6.45, 7) is 2.01. The lowest BCUT2D eigenvalue weighted by Gasteiger charge is -2.17. The Morgan fingerprint density at radius 2 is 1.57 bits per heavy atom. The van der Waals surface area contributed by atoms with Crippen molar-refractivity contribution in [1.29, 1.82) is 0 Å². The van der Waals surface area contributed by atoms with Crippen LogP contribution in [0.25, 0.3) is 10.8 Å². The lowest BCUT2D eigenvalue weighted by Crippen LogP contribution is -1.98. The van der Waals surface area contributed by atoms with Crippen LogP contribution in [-0.4, -0.2) is 0 Å². The van der Waals surface area contributed by atoms with E-state index in [0.29, 0.717) is 0 Å². The predicted molar refractivity (Wildman–Crippen MR) is 95.5 cm³/mol. The van der Waals surface area contributed by atoms with Gasteiger partial charge in [0.2, 0.25) is 0 Å². The number of benzene rings is 3. The highest BCUT2D eigenvalue weighted by molar-refractivity contribution is 9.10. The summed E-state index contributed by atoms with van der Waals surface area (Å²) < 4.78 is 1.08. The van der Waals surface area contributed by atoms with Crippen LogP contribution in [0.1, 0.15) is 22.1 Å². The predicted octanol–water partition coefficient (Wildman–Crippen LogP) is 6.89. The zero-order chi connectivity index (χ0) is 15.0. The summed E-state index contributed by atoms with van der Waals surface area (Å²) in [6, 6.07) is 18.3. The van der Waals surface area contributed by atoms with E-state index in [2.05, 4.69) is 34.1 Å². The SMILES string of the molecule is Cc1c(Cl)cccc1C(Cl)c1ccc(Br)c2ccccc12. The molecule has 3 heteroatoms. The van der Waals surface area contributed by atoms with E-state index in [0.717, 1.165) is 31.6 Å². The Kier molecular flexibility index (Phi) is 4.26. The summed E-state index contributed by atoms with van der Waals surface area (Å²) in [7, 11) is 0. The highest BCUT2D eigenvalue weighted by Gasteiger charge is 2.17. The number of alkyl halides is 1. The molecule has 0 aliphatic carbocycles. The minimum atomic E-state index is -0.221. The Hall–Kier alpha value is -1.02. The topological polar surface area (TPSA) is 0 Å². The molecule has 0 radical (unpaired) electrons. The summed E-state index contributed by atoms with van der Waals surface area (Å²) in [5.41, 5.74) is 3.18. The van der Waals surface area contributed by atoms with Gasteiger partial charge in [-0.3, -0.25) is 0 Å². The molecule has 0 saturated heterocycles. The van der Waals surface area contributed by atoms with E-state index >= 15 is 0 Å². The van der Waals surface area contributed by atoms with E-state index in [9.17, 15) is 0 Å². The Labute approximate surface area is 142 Å². The average molecular weight is 380 g/mol. The molecule has 0 nitrogen and oxygen atoms in total. The normalized spacial score (nSPS) is 12.6. The number of hydrogen-bond donors (Lipinski definition) is 0. The van der Waals surface area contributed by atoms with Gasteiger partial charge in [-0.1, -0.05) is 70.0 Å². The quantitative estimate of drug-likeness (QED) is 0.425. The molecule has 0 amide bonds. The molecule has 0 aliphatic heterocycles. The highest BCUT2D eigenvalue weighted by Crippen LogP contribution is 2.38. The Bertz CT molecular complexity index is 811. The third-order valence-electron chi connectivity index (χ3n) is 3.76. The second-order valence-electron chi connectivity index (χ2n) is 5.00. The zero-order valence-corrected chi connectivity index (χ0v) is 14.5. The maximum atomic E-state index is 6.77. The number of hydrogen-bond acceptors (Lipinski definition) is 0. The van der Waals surface area contributed by atoms with Crippen LogP contribution in [0.4, 0.5) is 0 Å². The van der Waals surface area contributed by atoms with Gasteiger partial charge in [0.05, 0.1) is 5.38 Å². The summed E-state index contributed by atoms with van der Waals surface area (Å²) in [6.07, 6.45) is 0. The van der Waals surface area contributed by atoms with E-state index < -0.39 is 0 Å². The average Bonchev–Trinajstić information content (AvgIpc) is 2.50. The van der Waals surface area contributed by atoms with Gasteiger partial charge in [-0.25, -0.2) is 0 Å². The fraction of sp³-hybridized carbons (Fsp3) is 0.111. The third-order valence-corrected chi connectivity index (χ3v) is 5.33. The van der Waals surface area contributed by atoms with Crippen molar-refractivity contribution >= 4 is 49.9 Å². The van der Waals surface area contributed by atoms with Crippen molar-refractivity contribution < 1.29 is 0 Å². The fourth-order valence-electron chi connectivity index (χ4n) is 2.57. The van der Waals surface area contributed by atoms with E-state index in [1.165, 1.54) is 5.39 Å². The van der Waals surface area contributed by atoms with Crippen LogP contribution in [0.5, 0.6) is 0 Å². The number of rotatable bonds is 2. The third kappa shape index (κ3) is 2.70.